The molecule has 0 saturated heterocycles. The van der Waals surface area contributed by atoms with Crippen molar-refractivity contribution in [3.05, 3.63) is 59.7 Å². The van der Waals surface area contributed by atoms with Gasteiger partial charge in [-0.25, -0.2) is 4.79 Å². The number of alkyl carbamates (subject to hydrolysis) is 1. The van der Waals surface area contributed by atoms with Gasteiger partial charge in [-0.1, -0.05) is 55.0 Å². The van der Waals surface area contributed by atoms with Gasteiger partial charge < -0.3 is 20.5 Å². The summed E-state index contributed by atoms with van der Waals surface area (Å²) < 4.78 is 5.53. The largest absolute Gasteiger partial charge is 0.481 e. The van der Waals surface area contributed by atoms with Gasteiger partial charge in [0.05, 0.1) is 5.92 Å². The minimum Gasteiger partial charge on any atom is -0.481 e. The maximum atomic E-state index is 12.7. The Balaban J connectivity index is 1.37. The van der Waals surface area contributed by atoms with Crippen molar-refractivity contribution in [3.8, 4) is 11.1 Å². The lowest BCUT2D eigenvalue weighted by Gasteiger charge is -2.28. The van der Waals surface area contributed by atoms with E-state index in [4.69, 9.17) is 4.74 Å². The molecule has 0 bridgehead atoms. The highest BCUT2D eigenvalue weighted by Crippen LogP contribution is 2.44. The van der Waals surface area contributed by atoms with Gasteiger partial charge in [-0.3, -0.25) is 9.59 Å². The molecule has 2 amide bonds. The zero-order valence-electron chi connectivity index (χ0n) is 18.3. The minimum atomic E-state index is -1.24. The molecule has 7 heteroatoms. The van der Waals surface area contributed by atoms with E-state index >= 15 is 0 Å². The van der Waals surface area contributed by atoms with Crippen LogP contribution in [0.4, 0.5) is 4.79 Å². The highest BCUT2D eigenvalue weighted by molar-refractivity contribution is 5.90. The summed E-state index contributed by atoms with van der Waals surface area (Å²) in [6, 6.07) is 15.7. The molecule has 2 aliphatic rings. The molecule has 0 aliphatic heterocycles. The van der Waals surface area contributed by atoms with Crippen LogP contribution in [0, 0.1) is 5.92 Å². The van der Waals surface area contributed by atoms with Crippen molar-refractivity contribution in [1.82, 2.24) is 10.6 Å². The summed E-state index contributed by atoms with van der Waals surface area (Å²) in [6.07, 6.45) is 1.22. The molecular formula is C25H28N2O5. The summed E-state index contributed by atoms with van der Waals surface area (Å²) in [4.78, 5) is 36.7. The summed E-state index contributed by atoms with van der Waals surface area (Å²) in [5, 5.41) is 14.7. The summed E-state index contributed by atoms with van der Waals surface area (Å²) in [5.41, 5.74) is 3.26. The molecule has 4 rings (SSSR count). The molecule has 0 unspecified atom stereocenters. The Morgan fingerprint density at radius 1 is 1.00 bits per heavy atom. The average Bonchev–Trinajstić information content (AvgIpc) is 3.34. The first-order chi connectivity index (χ1) is 15.3. The monoisotopic (exact) mass is 436 g/mol. The molecule has 2 aliphatic carbocycles. The number of ether oxygens (including phenoxy) is 1. The number of aliphatic carboxylic acids is 1. The molecule has 1 fully saturated rings. The number of carbonyl (C=O) groups excluding carboxylic acids is 2. The summed E-state index contributed by atoms with van der Waals surface area (Å²) >= 11 is 0. The molecule has 0 aromatic heterocycles. The average molecular weight is 437 g/mol. The van der Waals surface area contributed by atoms with E-state index in [0.717, 1.165) is 28.7 Å². The predicted octanol–water partition coefficient (Wildman–Crippen LogP) is 3.67. The van der Waals surface area contributed by atoms with Crippen molar-refractivity contribution >= 4 is 18.0 Å². The maximum absolute atomic E-state index is 12.7. The van der Waals surface area contributed by atoms with Crippen LogP contribution in [-0.2, 0) is 14.3 Å². The Labute approximate surface area is 187 Å². The van der Waals surface area contributed by atoms with Crippen molar-refractivity contribution in [1.29, 1.82) is 0 Å². The van der Waals surface area contributed by atoms with Crippen LogP contribution in [0.15, 0.2) is 48.5 Å². The summed E-state index contributed by atoms with van der Waals surface area (Å²) in [7, 11) is 0. The topological polar surface area (TPSA) is 105 Å². The molecule has 168 valence electrons. The SMILES string of the molecule is CC(C)(NC(=O)OCC1c2ccccc2-c2ccccc21)C(=O)N[C@@H]1CCC[C@@H]1C(=O)O. The van der Waals surface area contributed by atoms with E-state index in [2.05, 4.69) is 22.8 Å². The lowest BCUT2D eigenvalue weighted by Crippen LogP contribution is -2.57. The highest BCUT2D eigenvalue weighted by Gasteiger charge is 2.38. The van der Waals surface area contributed by atoms with Crippen LogP contribution in [0.3, 0.4) is 0 Å². The number of rotatable bonds is 6. The van der Waals surface area contributed by atoms with Gasteiger partial charge in [-0.15, -0.1) is 0 Å². The standard InChI is InChI=1S/C25H28N2O5/c1-25(2,23(30)26-21-13-7-12-19(21)22(28)29)27-24(31)32-14-20-17-10-5-3-8-15(17)16-9-4-6-11-18(16)20/h3-6,8-11,19-21H,7,12-14H2,1-2H3,(H,26,30)(H,27,31)(H,28,29)/t19-,21+/m0/s1. The number of hydrogen-bond donors (Lipinski definition) is 3. The molecule has 2 atom stereocenters. The van der Waals surface area contributed by atoms with Gasteiger partial charge in [0.15, 0.2) is 0 Å². The molecule has 1 saturated carbocycles. The van der Waals surface area contributed by atoms with E-state index in [1.807, 2.05) is 36.4 Å². The molecule has 0 radical (unpaired) electrons. The van der Waals surface area contributed by atoms with Crippen molar-refractivity contribution < 1.29 is 24.2 Å². The Bertz CT molecular complexity index is 1000. The Hall–Kier alpha value is -3.35. The van der Waals surface area contributed by atoms with Gasteiger partial charge in [0.2, 0.25) is 5.91 Å². The summed E-state index contributed by atoms with van der Waals surface area (Å²) in [5.74, 6) is -2.00. The van der Waals surface area contributed by atoms with Crippen molar-refractivity contribution in [2.24, 2.45) is 5.92 Å². The lowest BCUT2D eigenvalue weighted by atomic mass is 9.98. The second-order valence-corrected chi connectivity index (χ2v) is 9.03. The lowest BCUT2D eigenvalue weighted by molar-refractivity contribution is -0.142. The molecular weight excluding hydrogens is 408 g/mol. The van der Waals surface area contributed by atoms with Crippen molar-refractivity contribution in [3.63, 3.8) is 0 Å². The Kier molecular flexibility index (Phi) is 5.91. The number of benzene rings is 2. The second-order valence-electron chi connectivity index (χ2n) is 9.03. The number of amides is 2. The van der Waals surface area contributed by atoms with E-state index in [1.54, 1.807) is 13.8 Å². The van der Waals surface area contributed by atoms with Crippen LogP contribution in [0.1, 0.15) is 50.2 Å². The van der Waals surface area contributed by atoms with Gasteiger partial charge in [-0.2, -0.15) is 0 Å². The third-order valence-electron chi connectivity index (χ3n) is 6.48. The van der Waals surface area contributed by atoms with Crippen LogP contribution in [0.25, 0.3) is 11.1 Å². The van der Waals surface area contributed by atoms with Gasteiger partial charge >= 0.3 is 12.1 Å². The smallest absolute Gasteiger partial charge is 0.408 e. The first kappa shape index (κ1) is 21.9. The molecule has 0 heterocycles. The zero-order valence-corrected chi connectivity index (χ0v) is 18.3. The Morgan fingerprint density at radius 2 is 1.59 bits per heavy atom. The van der Waals surface area contributed by atoms with Gasteiger partial charge in [-0.05, 0) is 48.9 Å². The van der Waals surface area contributed by atoms with E-state index in [-0.39, 0.29) is 12.5 Å². The number of nitrogens with one attached hydrogen (secondary N) is 2. The van der Waals surface area contributed by atoms with Crippen LogP contribution in [0.5, 0.6) is 0 Å². The fourth-order valence-electron chi connectivity index (χ4n) is 4.72. The van der Waals surface area contributed by atoms with Gasteiger partial charge in [0, 0.05) is 12.0 Å². The van der Waals surface area contributed by atoms with Crippen LogP contribution < -0.4 is 10.6 Å². The van der Waals surface area contributed by atoms with E-state index in [1.165, 1.54) is 0 Å². The normalized spacial score (nSPS) is 19.7. The van der Waals surface area contributed by atoms with Crippen LogP contribution >= 0.6 is 0 Å². The number of carboxylic acids is 1. The molecule has 3 N–H and O–H groups in total. The van der Waals surface area contributed by atoms with E-state index in [9.17, 15) is 19.5 Å². The number of fused-ring (bicyclic) bond motifs is 3. The number of hydrogen-bond acceptors (Lipinski definition) is 4. The van der Waals surface area contributed by atoms with E-state index < -0.39 is 35.5 Å². The van der Waals surface area contributed by atoms with Crippen LogP contribution in [0.2, 0.25) is 0 Å². The Morgan fingerprint density at radius 3 is 2.19 bits per heavy atom. The molecule has 2 aromatic carbocycles. The third-order valence-corrected chi connectivity index (χ3v) is 6.48. The van der Waals surface area contributed by atoms with Crippen molar-refractivity contribution in [2.45, 2.75) is 50.6 Å². The molecule has 0 spiro atoms. The second kappa shape index (κ2) is 8.65. The third kappa shape index (κ3) is 4.20. The van der Waals surface area contributed by atoms with Crippen LogP contribution in [-0.4, -0.2) is 41.3 Å². The first-order valence-corrected chi connectivity index (χ1v) is 10.9. The minimum absolute atomic E-state index is 0.0695. The summed E-state index contributed by atoms with van der Waals surface area (Å²) in [6.45, 7) is 3.31. The predicted molar refractivity (Wildman–Crippen MR) is 119 cm³/mol. The number of carbonyl (C=O) groups is 3. The number of carboxylic acid groups (broad SMARTS) is 1. The molecule has 7 nitrogen and oxygen atoms in total. The van der Waals surface area contributed by atoms with Crippen molar-refractivity contribution in [2.75, 3.05) is 6.61 Å². The quantitative estimate of drug-likeness (QED) is 0.641. The van der Waals surface area contributed by atoms with E-state index in [0.29, 0.717) is 12.8 Å². The fraction of sp³-hybridized carbons (Fsp3) is 0.400. The maximum Gasteiger partial charge on any atom is 0.408 e. The highest BCUT2D eigenvalue weighted by atomic mass is 16.5. The molecule has 32 heavy (non-hydrogen) atoms. The zero-order chi connectivity index (χ0) is 22.9. The van der Waals surface area contributed by atoms with Gasteiger partial charge in [0.1, 0.15) is 12.1 Å². The fourth-order valence-corrected chi connectivity index (χ4v) is 4.72. The molecule has 2 aromatic rings. The van der Waals surface area contributed by atoms with Gasteiger partial charge in [0.25, 0.3) is 0 Å². The first-order valence-electron chi connectivity index (χ1n) is 10.9.